The first-order valence-electron chi connectivity index (χ1n) is 4.15. The Morgan fingerprint density at radius 1 is 1.56 bits per heavy atom. The fraction of sp³-hybridized carbons (Fsp3) is 0.200. The maximum atomic E-state index is 12.6. The minimum atomic E-state index is -2.86. The zero-order valence-corrected chi connectivity index (χ0v) is 8.63. The molecular weight excluding hydrogens is 240 g/mol. The van der Waals surface area contributed by atoms with Gasteiger partial charge in [-0.1, -0.05) is 0 Å². The molecule has 1 rings (SSSR count). The normalized spacial score (nSPS) is 10.2. The molecule has 0 atom stereocenters. The highest BCUT2D eigenvalue weighted by atomic mass is 35.5. The van der Waals surface area contributed by atoms with E-state index in [1.54, 1.807) is 6.07 Å². The minimum absolute atomic E-state index is 0.0239. The Bertz CT molecular complexity index is 469. The highest BCUT2D eigenvalue weighted by molar-refractivity contribution is 6.17. The molecule has 1 aromatic rings. The van der Waals surface area contributed by atoms with E-state index in [-0.39, 0.29) is 22.6 Å². The van der Waals surface area contributed by atoms with E-state index in [0.717, 1.165) is 12.1 Å². The molecule has 0 heterocycles. The van der Waals surface area contributed by atoms with Crippen LogP contribution in [0.5, 0.6) is 0 Å². The van der Waals surface area contributed by atoms with E-state index in [4.69, 9.17) is 22.0 Å². The number of hydrogen-bond acceptors (Lipinski definition) is 2. The van der Waals surface area contributed by atoms with Crippen molar-refractivity contribution in [1.82, 2.24) is 0 Å². The molecule has 84 valence electrons. The first kappa shape index (κ1) is 12.4. The third-order valence-corrected chi connectivity index (χ3v) is 2.29. The molecule has 0 unspecified atom stereocenters. The van der Waals surface area contributed by atoms with Crippen molar-refractivity contribution >= 4 is 17.6 Å². The van der Waals surface area contributed by atoms with E-state index >= 15 is 0 Å². The first-order chi connectivity index (χ1) is 7.51. The molecule has 0 saturated carbocycles. The first-order valence-corrected chi connectivity index (χ1v) is 4.69. The van der Waals surface area contributed by atoms with Crippen LogP contribution in [0.3, 0.4) is 0 Å². The number of benzene rings is 1. The summed E-state index contributed by atoms with van der Waals surface area (Å²) in [6.07, 6.45) is -2.86. The minimum Gasteiger partial charge on any atom is -0.478 e. The molecule has 0 amide bonds. The third-order valence-electron chi connectivity index (χ3n) is 2.02. The standard InChI is InChI=1S/C10H6ClF2NO2/c11-3-8-6(4-14)1-5(10(15)16)2-7(8)9(12)13/h1-2,9H,3H2,(H,15,16). The summed E-state index contributed by atoms with van der Waals surface area (Å²) in [5.41, 5.74) is -1.01. The molecular formula is C10H6ClF2NO2. The van der Waals surface area contributed by atoms with Crippen LogP contribution in [0.2, 0.25) is 0 Å². The van der Waals surface area contributed by atoms with Gasteiger partial charge in [0, 0.05) is 11.4 Å². The summed E-state index contributed by atoms with van der Waals surface area (Å²) in [6, 6.07) is 3.53. The maximum Gasteiger partial charge on any atom is 0.335 e. The lowest BCUT2D eigenvalue weighted by molar-refractivity contribution is 0.0696. The molecule has 16 heavy (non-hydrogen) atoms. The number of rotatable bonds is 3. The predicted molar refractivity (Wildman–Crippen MR) is 52.6 cm³/mol. The smallest absolute Gasteiger partial charge is 0.335 e. The number of carboxylic acid groups (broad SMARTS) is 1. The largest absolute Gasteiger partial charge is 0.478 e. The molecule has 0 saturated heterocycles. The quantitative estimate of drug-likeness (QED) is 0.833. The molecule has 0 aliphatic carbocycles. The summed E-state index contributed by atoms with van der Waals surface area (Å²) in [4.78, 5) is 10.7. The van der Waals surface area contributed by atoms with Gasteiger partial charge < -0.3 is 5.11 Å². The summed E-state index contributed by atoms with van der Waals surface area (Å²) >= 11 is 5.46. The van der Waals surface area contributed by atoms with Crippen LogP contribution in [-0.4, -0.2) is 11.1 Å². The van der Waals surface area contributed by atoms with Gasteiger partial charge in [-0.15, -0.1) is 11.6 Å². The second kappa shape index (κ2) is 4.90. The van der Waals surface area contributed by atoms with E-state index in [0.29, 0.717) is 0 Å². The van der Waals surface area contributed by atoms with Crippen LogP contribution in [-0.2, 0) is 5.88 Å². The van der Waals surface area contributed by atoms with Crippen molar-refractivity contribution in [2.24, 2.45) is 0 Å². The Kier molecular flexibility index (Phi) is 3.80. The number of aromatic carboxylic acids is 1. The van der Waals surface area contributed by atoms with Crippen LogP contribution < -0.4 is 0 Å². The van der Waals surface area contributed by atoms with Crippen molar-refractivity contribution in [2.75, 3.05) is 0 Å². The average Bonchev–Trinajstić information content (AvgIpc) is 2.26. The monoisotopic (exact) mass is 245 g/mol. The number of nitrogens with zero attached hydrogens (tertiary/aromatic N) is 1. The van der Waals surface area contributed by atoms with Crippen LogP contribution in [0.15, 0.2) is 12.1 Å². The van der Waals surface area contributed by atoms with E-state index in [1.807, 2.05) is 0 Å². The number of carboxylic acids is 1. The number of nitriles is 1. The highest BCUT2D eigenvalue weighted by Gasteiger charge is 2.19. The number of alkyl halides is 3. The number of halogens is 3. The van der Waals surface area contributed by atoms with Crippen molar-refractivity contribution in [3.63, 3.8) is 0 Å². The second-order valence-electron chi connectivity index (χ2n) is 2.94. The van der Waals surface area contributed by atoms with Crippen LogP contribution in [0, 0.1) is 11.3 Å². The van der Waals surface area contributed by atoms with E-state index in [2.05, 4.69) is 0 Å². The highest BCUT2D eigenvalue weighted by Crippen LogP contribution is 2.28. The molecule has 6 heteroatoms. The fourth-order valence-corrected chi connectivity index (χ4v) is 1.56. The van der Waals surface area contributed by atoms with Gasteiger partial charge in [0.1, 0.15) is 0 Å². The molecule has 0 fully saturated rings. The van der Waals surface area contributed by atoms with Gasteiger partial charge in [0.05, 0.1) is 17.2 Å². The number of hydrogen-bond donors (Lipinski definition) is 1. The van der Waals surface area contributed by atoms with Gasteiger partial charge in [0.2, 0.25) is 0 Å². The average molecular weight is 246 g/mol. The molecule has 1 N–H and O–H groups in total. The third kappa shape index (κ3) is 2.28. The lowest BCUT2D eigenvalue weighted by Gasteiger charge is -2.09. The molecule has 0 bridgehead atoms. The zero-order chi connectivity index (χ0) is 12.3. The zero-order valence-electron chi connectivity index (χ0n) is 7.88. The van der Waals surface area contributed by atoms with Crippen molar-refractivity contribution in [3.8, 4) is 6.07 Å². The summed E-state index contributed by atoms with van der Waals surface area (Å²) in [5.74, 6) is -1.62. The van der Waals surface area contributed by atoms with Gasteiger partial charge >= 0.3 is 5.97 Å². The molecule has 0 aromatic heterocycles. The summed E-state index contributed by atoms with van der Waals surface area (Å²) in [7, 11) is 0. The van der Waals surface area contributed by atoms with Crippen LogP contribution in [0.1, 0.15) is 33.5 Å². The predicted octanol–water partition coefficient (Wildman–Crippen LogP) is 2.93. The second-order valence-corrected chi connectivity index (χ2v) is 3.21. The lowest BCUT2D eigenvalue weighted by Crippen LogP contribution is -2.03. The van der Waals surface area contributed by atoms with Gasteiger partial charge in [-0.05, 0) is 17.7 Å². The van der Waals surface area contributed by atoms with Gasteiger partial charge in [-0.3, -0.25) is 0 Å². The summed E-state index contributed by atoms with van der Waals surface area (Å²) < 4.78 is 25.2. The topological polar surface area (TPSA) is 61.1 Å². The van der Waals surface area contributed by atoms with Crippen LogP contribution in [0.25, 0.3) is 0 Å². The van der Waals surface area contributed by atoms with E-state index in [9.17, 15) is 13.6 Å². The van der Waals surface area contributed by atoms with Crippen molar-refractivity contribution in [2.45, 2.75) is 12.3 Å². The molecule has 0 radical (unpaired) electrons. The van der Waals surface area contributed by atoms with Crippen molar-refractivity contribution < 1.29 is 18.7 Å². The molecule has 3 nitrogen and oxygen atoms in total. The fourth-order valence-electron chi connectivity index (χ4n) is 1.26. The Labute approximate surface area is 94.9 Å². The maximum absolute atomic E-state index is 12.6. The van der Waals surface area contributed by atoms with Gasteiger partial charge in [-0.2, -0.15) is 5.26 Å². The lowest BCUT2D eigenvalue weighted by atomic mass is 9.99. The van der Waals surface area contributed by atoms with Crippen LogP contribution in [0.4, 0.5) is 8.78 Å². The van der Waals surface area contributed by atoms with E-state index < -0.39 is 18.0 Å². The molecule has 0 aliphatic rings. The van der Waals surface area contributed by atoms with Gasteiger partial charge in [0.25, 0.3) is 6.43 Å². The Hall–Kier alpha value is -1.67. The molecule has 0 aliphatic heterocycles. The Morgan fingerprint density at radius 2 is 2.19 bits per heavy atom. The SMILES string of the molecule is N#Cc1cc(C(=O)O)cc(C(F)F)c1CCl. The number of carbonyl (C=O) groups is 1. The van der Waals surface area contributed by atoms with Crippen molar-refractivity contribution in [1.29, 1.82) is 5.26 Å². The summed E-state index contributed by atoms with van der Waals surface area (Å²) in [6.45, 7) is 0. The molecule has 1 aromatic carbocycles. The Morgan fingerprint density at radius 3 is 2.56 bits per heavy atom. The Balaban J connectivity index is 3.51. The van der Waals surface area contributed by atoms with Gasteiger partial charge in [0.15, 0.2) is 0 Å². The van der Waals surface area contributed by atoms with Crippen LogP contribution >= 0.6 is 11.6 Å². The van der Waals surface area contributed by atoms with E-state index in [1.165, 1.54) is 0 Å². The molecule has 0 spiro atoms. The van der Waals surface area contributed by atoms with Gasteiger partial charge in [-0.25, -0.2) is 13.6 Å². The summed E-state index contributed by atoms with van der Waals surface area (Å²) in [5, 5.41) is 17.4. The van der Waals surface area contributed by atoms with Crippen molar-refractivity contribution in [3.05, 3.63) is 34.4 Å².